The predicted octanol–water partition coefficient (Wildman–Crippen LogP) is 12.4. The largest absolute Gasteiger partial charge is 1.00 e. The summed E-state index contributed by atoms with van der Waals surface area (Å²) in [6.45, 7) is 6.98. The second kappa shape index (κ2) is 28.9. The molecule has 0 amide bonds. The standard InChI is InChI=1S/3C10H21.Hf.H/c3*1-3-5-7-9-10-8-6-4-2;;/h3*1,3-10H2,2H3;;/q;;;+1;-1. The molecule has 0 atom stereocenters. The molecular formula is C30H64Hf. The third-order valence-electron chi connectivity index (χ3n) is 7.15. The minimum atomic E-state index is -1.24. The van der Waals surface area contributed by atoms with Gasteiger partial charge in [-0.2, -0.15) is 0 Å². The van der Waals surface area contributed by atoms with Gasteiger partial charge in [-0.25, -0.2) is 0 Å². The molecule has 0 aliphatic heterocycles. The topological polar surface area (TPSA) is 0 Å². The van der Waals surface area contributed by atoms with E-state index in [0.29, 0.717) is 0 Å². The summed E-state index contributed by atoms with van der Waals surface area (Å²) >= 11 is -1.24. The van der Waals surface area contributed by atoms with Crippen molar-refractivity contribution in [2.75, 3.05) is 0 Å². The summed E-state index contributed by atoms with van der Waals surface area (Å²) < 4.78 is 5.23. The molecule has 0 radical (unpaired) electrons. The van der Waals surface area contributed by atoms with E-state index in [1.165, 1.54) is 116 Å². The van der Waals surface area contributed by atoms with E-state index >= 15 is 0 Å². The van der Waals surface area contributed by atoms with Gasteiger partial charge in [-0.1, -0.05) is 0 Å². The molecule has 0 rings (SSSR count). The molecule has 1 heteroatoms. The Balaban J connectivity index is 0. The number of hydrogen-bond acceptors (Lipinski definition) is 0. The molecule has 0 aliphatic rings. The van der Waals surface area contributed by atoms with E-state index in [1.807, 2.05) is 0 Å². The van der Waals surface area contributed by atoms with Crippen LogP contribution in [0.2, 0.25) is 12.5 Å². The zero-order valence-electron chi connectivity index (χ0n) is 23.6. The Bertz CT molecular complexity index is 260. The average Bonchev–Trinajstić information content (AvgIpc) is 2.78. The fraction of sp³-hybridized carbons (Fsp3) is 1.00. The van der Waals surface area contributed by atoms with Gasteiger partial charge >= 0.3 is 209 Å². The summed E-state index contributed by atoms with van der Waals surface area (Å²) in [5, 5.41) is 0. The van der Waals surface area contributed by atoms with Gasteiger partial charge < -0.3 is 1.43 Å². The molecule has 0 nitrogen and oxygen atoms in total. The van der Waals surface area contributed by atoms with Crippen LogP contribution >= 0.6 is 0 Å². The average molecular weight is 603 g/mol. The molecule has 188 valence electrons. The van der Waals surface area contributed by atoms with Crippen LogP contribution in [0.5, 0.6) is 0 Å². The third kappa shape index (κ3) is 27.0. The van der Waals surface area contributed by atoms with Crippen molar-refractivity contribution in [2.24, 2.45) is 0 Å². The van der Waals surface area contributed by atoms with Crippen LogP contribution in [0.1, 0.15) is 176 Å². The molecule has 0 aromatic carbocycles. The van der Waals surface area contributed by atoms with Crippen LogP contribution in [0.4, 0.5) is 0 Å². The summed E-state index contributed by atoms with van der Waals surface area (Å²) in [6, 6.07) is 0. The Hall–Kier alpha value is 0.870. The number of unbranched alkanes of at least 4 members (excludes halogenated alkanes) is 21. The molecule has 0 bridgehead atoms. The van der Waals surface area contributed by atoms with E-state index < -0.39 is 21.4 Å². The van der Waals surface area contributed by atoms with Gasteiger partial charge in [0, 0.05) is 0 Å². The molecule has 0 fully saturated rings. The number of rotatable bonds is 27. The van der Waals surface area contributed by atoms with Crippen LogP contribution in [0.3, 0.4) is 0 Å². The van der Waals surface area contributed by atoms with E-state index in [-0.39, 0.29) is 1.43 Å². The normalized spacial score (nSPS) is 11.3. The first-order valence-electron chi connectivity index (χ1n) is 15.2. The third-order valence-corrected chi connectivity index (χ3v) is 18.6. The van der Waals surface area contributed by atoms with E-state index in [4.69, 9.17) is 0 Å². The van der Waals surface area contributed by atoms with E-state index in [1.54, 1.807) is 51.1 Å². The molecule has 0 saturated carbocycles. The van der Waals surface area contributed by atoms with Crippen LogP contribution in [0.15, 0.2) is 0 Å². The number of hydrogen-bond donors (Lipinski definition) is 0. The SMILES string of the molecule is CCCCCCCCC[CH2][Hf+]([CH2]CCCCCCCCC)[CH2]CCCCCCCCC.[H-]. The Morgan fingerprint density at radius 3 is 0.710 bits per heavy atom. The Kier molecular flexibility index (Phi) is 29.7. The van der Waals surface area contributed by atoms with Gasteiger partial charge in [-0.05, 0) is 0 Å². The maximum absolute atomic E-state index is 2.33. The fourth-order valence-corrected chi connectivity index (χ4v) is 15.7. The molecule has 0 N–H and O–H groups in total. The first-order valence-corrected chi connectivity index (χ1v) is 22.8. The summed E-state index contributed by atoms with van der Waals surface area (Å²) in [5.74, 6) is 0. The van der Waals surface area contributed by atoms with Crippen LogP contribution in [0, 0.1) is 0 Å². The minimum absolute atomic E-state index is 0. The van der Waals surface area contributed by atoms with Crippen molar-refractivity contribution < 1.29 is 22.9 Å². The first-order chi connectivity index (χ1) is 15.3. The molecule has 0 aromatic heterocycles. The van der Waals surface area contributed by atoms with Crippen molar-refractivity contribution in [1.82, 2.24) is 0 Å². The quantitative estimate of drug-likeness (QED) is 0.0648. The van der Waals surface area contributed by atoms with Crippen molar-refractivity contribution in [3.63, 3.8) is 0 Å². The van der Waals surface area contributed by atoms with E-state index in [9.17, 15) is 0 Å². The monoisotopic (exact) mass is 604 g/mol. The smallest absolute Gasteiger partial charge is 1.00 e. The Morgan fingerprint density at radius 1 is 0.290 bits per heavy atom. The maximum atomic E-state index is 2.33. The molecule has 0 aromatic rings. The van der Waals surface area contributed by atoms with Crippen LogP contribution in [0.25, 0.3) is 0 Å². The van der Waals surface area contributed by atoms with Crippen molar-refractivity contribution in [3.8, 4) is 0 Å². The zero-order valence-corrected chi connectivity index (χ0v) is 26.2. The van der Waals surface area contributed by atoms with Gasteiger partial charge in [0.25, 0.3) is 0 Å². The van der Waals surface area contributed by atoms with Crippen LogP contribution in [-0.2, 0) is 21.4 Å². The summed E-state index contributed by atoms with van der Waals surface area (Å²) in [5.41, 5.74) is 0. The van der Waals surface area contributed by atoms with Crippen LogP contribution < -0.4 is 0 Å². The molecule has 31 heavy (non-hydrogen) atoms. The van der Waals surface area contributed by atoms with Crippen molar-refractivity contribution in [3.05, 3.63) is 0 Å². The summed E-state index contributed by atoms with van der Waals surface area (Å²) in [7, 11) is 0. The fourth-order valence-electron chi connectivity index (χ4n) is 4.90. The molecule has 0 heterocycles. The minimum Gasteiger partial charge on any atom is -1.00 e. The van der Waals surface area contributed by atoms with Gasteiger partial charge in [0.2, 0.25) is 0 Å². The maximum Gasteiger partial charge on any atom is -1.00 e. The summed E-state index contributed by atoms with van der Waals surface area (Å²) in [4.78, 5) is 0. The zero-order chi connectivity index (χ0) is 22.7. The molecule has 0 unspecified atom stereocenters. The van der Waals surface area contributed by atoms with Gasteiger partial charge in [0.1, 0.15) is 0 Å². The van der Waals surface area contributed by atoms with Gasteiger partial charge in [0.15, 0.2) is 0 Å². The second-order valence-electron chi connectivity index (χ2n) is 10.4. The Morgan fingerprint density at radius 2 is 0.484 bits per heavy atom. The van der Waals surface area contributed by atoms with Crippen molar-refractivity contribution >= 4 is 0 Å². The van der Waals surface area contributed by atoms with Crippen LogP contribution in [-0.4, -0.2) is 0 Å². The molecular weight excluding hydrogens is 539 g/mol. The van der Waals surface area contributed by atoms with E-state index in [0.717, 1.165) is 0 Å². The van der Waals surface area contributed by atoms with Gasteiger partial charge in [-0.15, -0.1) is 0 Å². The van der Waals surface area contributed by atoms with Crippen molar-refractivity contribution in [2.45, 2.75) is 187 Å². The molecule has 0 spiro atoms. The molecule has 0 saturated heterocycles. The first kappa shape index (κ1) is 31.9. The van der Waals surface area contributed by atoms with Gasteiger partial charge in [-0.3, -0.25) is 0 Å². The second-order valence-corrected chi connectivity index (χ2v) is 21.2. The van der Waals surface area contributed by atoms with Crippen molar-refractivity contribution in [1.29, 1.82) is 0 Å². The molecule has 0 aliphatic carbocycles. The Labute approximate surface area is 209 Å². The van der Waals surface area contributed by atoms with Gasteiger partial charge in [0.05, 0.1) is 0 Å². The summed E-state index contributed by atoms with van der Waals surface area (Å²) in [6.07, 6.45) is 36.0. The predicted molar refractivity (Wildman–Crippen MR) is 143 cm³/mol. The van der Waals surface area contributed by atoms with E-state index in [2.05, 4.69) is 20.8 Å².